The Morgan fingerprint density at radius 2 is 2.00 bits per heavy atom. The first-order valence-corrected chi connectivity index (χ1v) is 6.07. The molecule has 0 aromatic rings. The van der Waals surface area contributed by atoms with E-state index < -0.39 is 0 Å². The molecule has 0 aromatic carbocycles. The van der Waals surface area contributed by atoms with Crippen molar-refractivity contribution in [2.45, 2.75) is 38.2 Å². The Kier molecular flexibility index (Phi) is 2.42. The molecule has 1 nitrogen and oxygen atoms in total. The molecular weight excluding hydrogens is 251 g/mol. The summed E-state index contributed by atoms with van der Waals surface area (Å²) in [5.74, 6) is 0. The van der Waals surface area contributed by atoms with E-state index in [9.17, 15) is 0 Å². The summed E-state index contributed by atoms with van der Waals surface area (Å²) in [5, 5.41) is 0. The van der Waals surface area contributed by atoms with Gasteiger partial charge < -0.3 is 4.74 Å². The predicted octanol–water partition coefficient (Wildman–Crippen LogP) is 2.77. The molecule has 0 bridgehead atoms. The normalized spacial score (nSPS) is 35.2. The molecular formula is C9H15IO. The van der Waals surface area contributed by atoms with E-state index in [0.717, 1.165) is 6.61 Å². The molecule has 1 atom stereocenters. The summed E-state index contributed by atoms with van der Waals surface area (Å²) < 4.78 is 6.92. The largest absolute Gasteiger partial charge is 0.377 e. The van der Waals surface area contributed by atoms with E-state index in [-0.39, 0.29) is 0 Å². The molecule has 2 heteroatoms. The molecule has 1 spiro atoms. The van der Waals surface area contributed by atoms with E-state index in [4.69, 9.17) is 4.74 Å². The number of hydrogen-bond acceptors (Lipinski definition) is 1. The van der Waals surface area contributed by atoms with Crippen LogP contribution in [0.1, 0.15) is 32.1 Å². The van der Waals surface area contributed by atoms with Crippen LogP contribution >= 0.6 is 22.6 Å². The highest BCUT2D eigenvalue weighted by atomic mass is 127. The third kappa shape index (κ3) is 1.32. The molecule has 11 heavy (non-hydrogen) atoms. The van der Waals surface area contributed by atoms with E-state index in [1.54, 1.807) is 0 Å². The second-order valence-electron chi connectivity index (χ2n) is 3.83. The summed E-state index contributed by atoms with van der Waals surface area (Å²) in [6, 6.07) is 0. The molecule has 1 aliphatic carbocycles. The van der Waals surface area contributed by atoms with E-state index in [2.05, 4.69) is 22.6 Å². The molecule has 64 valence electrons. The second-order valence-corrected chi connectivity index (χ2v) is 4.71. The highest BCUT2D eigenvalue weighted by Crippen LogP contribution is 2.48. The van der Waals surface area contributed by atoms with Crippen molar-refractivity contribution in [1.29, 1.82) is 0 Å². The molecule has 1 saturated carbocycles. The van der Waals surface area contributed by atoms with Crippen LogP contribution in [0.25, 0.3) is 0 Å². The quantitative estimate of drug-likeness (QED) is 0.524. The van der Waals surface area contributed by atoms with Crippen LogP contribution in [0.4, 0.5) is 0 Å². The Labute approximate surface area is 82.0 Å². The van der Waals surface area contributed by atoms with Crippen LogP contribution in [0.3, 0.4) is 0 Å². The molecule has 2 aliphatic rings. The van der Waals surface area contributed by atoms with E-state index in [0.29, 0.717) is 11.5 Å². The number of rotatable bonds is 1. The Hall–Kier alpha value is 0.690. The van der Waals surface area contributed by atoms with Gasteiger partial charge in [0.1, 0.15) is 0 Å². The molecule has 0 aromatic heterocycles. The van der Waals surface area contributed by atoms with Gasteiger partial charge in [-0.2, -0.15) is 0 Å². The Balaban J connectivity index is 2.09. The maximum Gasteiger partial charge on any atom is 0.0721 e. The smallest absolute Gasteiger partial charge is 0.0721 e. The van der Waals surface area contributed by atoms with Crippen LogP contribution in [0.2, 0.25) is 0 Å². The lowest BCUT2D eigenvalue weighted by atomic mass is 9.80. The fraction of sp³-hybridized carbons (Fsp3) is 1.00. The van der Waals surface area contributed by atoms with Crippen molar-refractivity contribution in [1.82, 2.24) is 0 Å². The molecule has 1 unspecified atom stereocenters. The van der Waals surface area contributed by atoms with Gasteiger partial charge in [-0.25, -0.2) is 0 Å². The van der Waals surface area contributed by atoms with Crippen molar-refractivity contribution in [3.8, 4) is 0 Å². The third-order valence-electron chi connectivity index (χ3n) is 3.34. The minimum Gasteiger partial charge on any atom is -0.377 e. The second kappa shape index (κ2) is 3.21. The fourth-order valence-electron chi connectivity index (χ4n) is 2.60. The number of alkyl halides is 1. The Bertz CT molecular complexity index is 135. The maximum atomic E-state index is 5.73. The van der Waals surface area contributed by atoms with Gasteiger partial charge in [0.25, 0.3) is 0 Å². The summed E-state index contributed by atoms with van der Waals surface area (Å²) in [6.45, 7) is 1.02. The van der Waals surface area contributed by atoms with E-state index in [1.165, 1.54) is 36.5 Å². The molecule has 2 fully saturated rings. The van der Waals surface area contributed by atoms with Crippen molar-refractivity contribution in [2.75, 3.05) is 11.0 Å². The number of ether oxygens (including phenoxy) is 1. The van der Waals surface area contributed by atoms with Gasteiger partial charge in [-0.15, -0.1) is 0 Å². The van der Waals surface area contributed by atoms with Crippen molar-refractivity contribution >= 4 is 22.6 Å². The van der Waals surface area contributed by atoms with Crippen molar-refractivity contribution in [2.24, 2.45) is 5.41 Å². The van der Waals surface area contributed by atoms with Crippen LogP contribution in [-0.4, -0.2) is 17.1 Å². The molecule has 0 amide bonds. The first kappa shape index (κ1) is 8.30. The third-order valence-corrected chi connectivity index (χ3v) is 4.14. The average molecular weight is 266 g/mol. The van der Waals surface area contributed by atoms with Gasteiger partial charge in [0.15, 0.2) is 0 Å². The summed E-state index contributed by atoms with van der Waals surface area (Å²) in [5.41, 5.74) is 0.626. The summed E-state index contributed by atoms with van der Waals surface area (Å²) in [7, 11) is 0. The van der Waals surface area contributed by atoms with Crippen molar-refractivity contribution in [3.05, 3.63) is 0 Å². The van der Waals surface area contributed by atoms with Gasteiger partial charge >= 0.3 is 0 Å². The van der Waals surface area contributed by atoms with E-state index in [1.807, 2.05) is 0 Å². The highest BCUT2D eigenvalue weighted by Gasteiger charge is 2.44. The zero-order valence-electron chi connectivity index (χ0n) is 6.81. The zero-order valence-corrected chi connectivity index (χ0v) is 8.97. The minimum atomic E-state index is 0.589. The SMILES string of the molecule is ICC1OCCC12CCCC2. The molecule has 1 saturated heterocycles. The topological polar surface area (TPSA) is 9.23 Å². The van der Waals surface area contributed by atoms with Gasteiger partial charge in [0.2, 0.25) is 0 Å². The van der Waals surface area contributed by atoms with Gasteiger partial charge in [0.05, 0.1) is 6.10 Å². The summed E-state index contributed by atoms with van der Waals surface area (Å²) >= 11 is 2.46. The summed E-state index contributed by atoms with van der Waals surface area (Å²) in [4.78, 5) is 0. The van der Waals surface area contributed by atoms with Crippen molar-refractivity contribution in [3.63, 3.8) is 0 Å². The lowest BCUT2D eigenvalue weighted by Gasteiger charge is -2.27. The van der Waals surface area contributed by atoms with Gasteiger partial charge in [-0.3, -0.25) is 0 Å². The van der Waals surface area contributed by atoms with Crippen molar-refractivity contribution < 1.29 is 4.74 Å². The zero-order chi connectivity index (χ0) is 7.73. The first-order chi connectivity index (χ1) is 5.37. The van der Waals surface area contributed by atoms with Gasteiger partial charge in [-0.05, 0) is 24.7 Å². The highest BCUT2D eigenvalue weighted by molar-refractivity contribution is 14.1. The lowest BCUT2D eigenvalue weighted by Crippen LogP contribution is -2.28. The Morgan fingerprint density at radius 3 is 2.64 bits per heavy atom. The molecule has 2 rings (SSSR count). The number of hydrogen-bond donors (Lipinski definition) is 0. The fourth-order valence-corrected chi connectivity index (χ4v) is 3.79. The number of halogens is 1. The van der Waals surface area contributed by atoms with Crippen LogP contribution in [0.15, 0.2) is 0 Å². The van der Waals surface area contributed by atoms with Crippen LogP contribution < -0.4 is 0 Å². The molecule has 1 heterocycles. The average Bonchev–Trinajstić information content (AvgIpc) is 2.62. The van der Waals surface area contributed by atoms with Crippen LogP contribution in [-0.2, 0) is 4.74 Å². The van der Waals surface area contributed by atoms with Gasteiger partial charge in [-0.1, -0.05) is 35.4 Å². The monoisotopic (exact) mass is 266 g/mol. The van der Waals surface area contributed by atoms with Crippen LogP contribution in [0.5, 0.6) is 0 Å². The summed E-state index contributed by atoms with van der Waals surface area (Å²) in [6.07, 6.45) is 7.67. The van der Waals surface area contributed by atoms with Gasteiger partial charge in [0, 0.05) is 11.0 Å². The molecule has 1 aliphatic heterocycles. The standard InChI is InChI=1S/C9H15IO/c10-7-8-9(5-6-11-8)3-1-2-4-9/h8H,1-7H2. The lowest BCUT2D eigenvalue weighted by molar-refractivity contribution is 0.0728. The Morgan fingerprint density at radius 1 is 1.27 bits per heavy atom. The first-order valence-electron chi connectivity index (χ1n) is 4.55. The maximum absolute atomic E-state index is 5.73. The molecule has 0 radical (unpaired) electrons. The van der Waals surface area contributed by atoms with Crippen LogP contribution in [0, 0.1) is 5.41 Å². The molecule has 0 N–H and O–H groups in total. The predicted molar refractivity (Wildman–Crippen MR) is 54.1 cm³/mol. The van der Waals surface area contributed by atoms with E-state index >= 15 is 0 Å². The minimum absolute atomic E-state index is 0.589.